The van der Waals surface area contributed by atoms with Crippen molar-refractivity contribution in [3.63, 3.8) is 0 Å². The molecule has 1 atom stereocenters. The van der Waals surface area contributed by atoms with Crippen molar-refractivity contribution in [3.05, 3.63) is 52.0 Å². The van der Waals surface area contributed by atoms with Gasteiger partial charge in [-0.05, 0) is 23.8 Å². The average Bonchev–Trinajstić information content (AvgIpc) is 2.81. The lowest BCUT2D eigenvalue weighted by Gasteiger charge is -2.12. The molecule has 0 aromatic heterocycles. The molecule has 2 nitrogen and oxygen atoms in total. The van der Waals surface area contributed by atoms with Crippen LogP contribution in [0.1, 0.15) is 5.56 Å². The van der Waals surface area contributed by atoms with Crippen molar-refractivity contribution in [2.75, 3.05) is 6.54 Å². The number of hydrogen-bond acceptors (Lipinski definition) is 2. The molecule has 1 heterocycles. The Hall–Kier alpha value is -1.22. The Balaban J connectivity index is 2.16. The monoisotopic (exact) mass is 293 g/mol. The van der Waals surface area contributed by atoms with Gasteiger partial charge in [0, 0.05) is 34.1 Å². The van der Waals surface area contributed by atoms with Crippen molar-refractivity contribution in [1.82, 2.24) is 0 Å². The zero-order valence-corrected chi connectivity index (χ0v) is 11.7. The van der Waals surface area contributed by atoms with Gasteiger partial charge in [0.05, 0.1) is 0 Å². The van der Waals surface area contributed by atoms with Crippen LogP contribution in [-0.2, 0) is 6.42 Å². The second-order valence-corrected chi connectivity index (χ2v) is 5.44. The fourth-order valence-corrected chi connectivity index (χ4v) is 2.88. The molecule has 4 heteroatoms. The molecule has 1 aliphatic heterocycles. The Kier molecular flexibility index (Phi) is 3.40. The van der Waals surface area contributed by atoms with Crippen LogP contribution >= 0.6 is 23.2 Å². The van der Waals surface area contributed by atoms with Crippen LogP contribution in [0.2, 0.25) is 10.0 Å². The minimum absolute atomic E-state index is 0.0229. The van der Waals surface area contributed by atoms with Crippen LogP contribution < -0.4 is 10.5 Å². The summed E-state index contributed by atoms with van der Waals surface area (Å²) in [5, 5.41) is 1.38. The van der Waals surface area contributed by atoms with Crippen molar-refractivity contribution in [2.24, 2.45) is 5.73 Å². The van der Waals surface area contributed by atoms with Crippen LogP contribution in [0.4, 0.5) is 0 Å². The van der Waals surface area contributed by atoms with Gasteiger partial charge in [-0.2, -0.15) is 0 Å². The summed E-state index contributed by atoms with van der Waals surface area (Å²) in [6.45, 7) is 0.494. The summed E-state index contributed by atoms with van der Waals surface area (Å²) < 4.78 is 5.91. The highest BCUT2D eigenvalue weighted by Crippen LogP contribution is 2.42. The molecular formula is C15H13Cl2NO. The molecule has 98 valence electrons. The molecule has 0 radical (unpaired) electrons. The van der Waals surface area contributed by atoms with Crippen LogP contribution in [-0.4, -0.2) is 12.6 Å². The second kappa shape index (κ2) is 5.04. The van der Waals surface area contributed by atoms with E-state index < -0.39 is 0 Å². The molecule has 0 saturated heterocycles. The highest BCUT2D eigenvalue weighted by molar-refractivity contribution is 6.34. The molecular weight excluding hydrogens is 281 g/mol. The minimum atomic E-state index is 0.0229. The number of nitrogens with two attached hydrogens (primary N) is 1. The molecule has 0 fully saturated rings. The first kappa shape index (κ1) is 12.8. The fourth-order valence-electron chi connectivity index (χ4n) is 2.41. The number of ether oxygens (including phenoxy) is 1. The predicted molar refractivity (Wildman–Crippen MR) is 79.1 cm³/mol. The standard InChI is InChI=1S/C15H13Cl2NO/c16-10-5-9-6-11(8-18)19-15(9)13(7-10)12-3-1-2-4-14(12)17/h1-5,7,11H,6,8,18H2. The molecule has 19 heavy (non-hydrogen) atoms. The van der Waals surface area contributed by atoms with E-state index in [1.54, 1.807) is 0 Å². The van der Waals surface area contributed by atoms with Gasteiger partial charge >= 0.3 is 0 Å². The van der Waals surface area contributed by atoms with Gasteiger partial charge in [-0.15, -0.1) is 0 Å². The summed E-state index contributed by atoms with van der Waals surface area (Å²) in [4.78, 5) is 0. The lowest BCUT2D eigenvalue weighted by molar-refractivity contribution is 0.242. The second-order valence-electron chi connectivity index (χ2n) is 4.60. The molecule has 0 saturated carbocycles. The van der Waals surface area contributed by atoms with Gasteiger partial charge in [-0.25, -0.2) is 0 Å². The lowest BCUT2D eigenvalue weighted by Crippen LogP contribution is -2.24. The summed E-state index contributed by atoms with van der Waals surface area (Å²) >= 11 is 12.5. The Morgan fingerprint density at radius 1 is 1.16 bits per heavy atom. The van der Waals surface area contributed by atoms with Gasteiger partial charge in [0.25, 0.3) is 0 Å². The zero-order valence-electron chi connectivity index (χ0n) is 10.2. The van der Waals surface area contributed by atoms with Gasteiger partial charge in [0.1, 0.15) is 11.9 Å². The third-order valence-corrected chi connectivity index (χ3v) is 3.84. The van der Waals surface area contributed by atoms with Gasteiger partial charge in [0.15, 0.2) is 0 Å². The van der Waals surface area contributed by atoms with E-state index >= 15 is 0 Å². The fraction of sp³-hybridized carbons (Fsp3) is 0.200. The molecule has 3 rings (SSSR count). The highest BCUT2D eigenvalue weighted by Gasteiger charge is 2.26. The Morgan fingerprint density at radius 3 is 2.68 bits per heavy atom. The number of hydrogen-bond donors (Lipinski definition) is 1. The van der Waals surface area contributed by atoms with E-state index in [1.807, 2.05) is 36.4 Å². The Morgan fingerprint density at radius 2 is 1.95 bits per heavy atom. The molecule has 2 aromatic rings. The molecule has 2 aromatic carbocycles. The maximum absolute atomic E-state index is 6.26. The quantitative estimate of drug-likeness (QED) is 0.911. The van der Waals surface area contributed by atoms with Crippen molar-refractivity contribution in [3.8, 4) is 16.9 Å². The predicted octanol–water partition coefficient (Wildman–Crippen LogP) is 3.92. The normalized spacial score (nSPS) is 17.1. The maximum atomic E-state index is 6.26. The third-order valence-electron chi connectivity index (χ3n) is 3.29. The minimum Gasteiger partial charge on any atom is -0.488 e. The van der Waals surface area contributed by atoms with Crippen molar-refractivity contribution >= 4 is 23.2 Å². The first-order valence-electron chi connectivity index (χ1n) is 6.13. The molecule has 0 bridgehead atoms. The largest absolute Gasteiger partial charge is 0.488 e. The van der Waals surface area contributed by atoms with E-state index in [9.17, 15) is 0 Å². The van der Waals surface area contributed by atoms with Crippen LogP contribution in [0.15, 0.2) is 36.4 Å². The van der Waals surface area contributed by atoms with Gasteiger partial charge < -0.3 is 10.5 Å². The molecule has 0 amide bonds. The van der Waals surface area contributed by atoms with Gasteiger partial charge in [-0.1, -0.05) is 41.4 Å². The van der Waals surface area contributed by atoms with Gasteiger partial charge in [0.2, 0.25) is 0 Å². The average molecular weight is 294 g/mol. The number of halogens is 2. The van der Waals surface area contributed by atoms with E-state index in [2.05, 4.69) is 0 Å². The van der Waals surface area contributed by atoms with E-state index in [0.29, 0.717) is 16.6 Å². The summed E-state index contributed by atoms with van der Waals surface area (Å²) in [7, 11) is 0. The van der Waals surface area contributed by atoms with E-state index in [-0.39, 0.29) is 6.10 Å². The third kappa shape index (κ3) is 2.32. The van der Waals surface area contributed by atoms with E-state index in [0.717, 1.165) is 28.9 Å². The van der Waals surface area contributed by atoms with E-state index in [4.69, 9.17) is 33.7 Å². The van der Waals surface area contributed by atoms with Crippen molar-refractivity contribution in [2.45, 2.75) is 12.5 Å². The Bertz CT molecular complexity index is 628. The summed E-state index contributed by atoms with van der Waals surface area (Å²) in [5.74, 6) is 0.855. The smallest absolute Gasteiger partial charge is 0.131 e. The van der Waals surface area contributed by atoms with Crippen LogP contribution in [0, 0.1) is 0 Å². The van der Waals surface area contributed by atoms with Crippen molar-refractivity contribution < 1.29 is 4.74 Å². The molecule has 2 N–H and O–H groups in total. The summed E-state index contributed by atoms with van der Waals surface area (Å²) in [5.41, 5.74) is 8.65. The summed E-state index contributed by atoms with van der Waals surface area (Å²) in [6, 6.07) is 11.5. The van der Waals surface area contributed by atoms with Crippen LogP contribution in [0.5, 0.6) is 5.75 Å². The molecule has 0 aliphatic carbocycles. The van der Waals surface area contributed by atoms with Crippen molar-refractivity contribution in [1.29, 1.82) is 0 Å². The van der Waals surface area contributed by atoms with Gasteiger partial charge in [-0.3, -0.25) is 0 Å². The number of fused-ring (bicyclic) bond motifs is 1. The maximum Gasteiger partial charge on any atom is 0.131 e. The summed E-state index contributed by atoms with van der Waals surface area (Å²) in [6.07, 6.45) is 0.818. The zero-order chi connectivity index (χ0) is 13.4. The first-order valence-corrected chi connectivity index (χ1v) is 6.88. The SMILES string of the molecule is NCC1Cc2cc(Cl)cc(-c3ccccc3Cl)c2O1. The van der Waals surface area contributed by atoms with Crippen LogP contribution in [0.25, 0.3) is 11.1 Å². The van der Waals surface area contributed by atoms with Crippen LogP contribution in [0.3, 0.4) is 0 Å². The first-order chi connectivity index (χ1) is 9.19. The molecule has 1 aliphatic rings. The Labute approximate surface area is 122 Å². The molecule has 1 unspecified atom stereocenters. The number of benzene rings is 2. The number of rotatable bonds is 2. The highest BCUT2D eigenvalue weighted by atomic mass is 35.5. The van der Waals surface area contributed by atoms with E-state index in [1.165, 1.54) is 0 Å². The molecule has 0 spiro atoms. The topological polar surface area (TPSA) is 35.2 Å². The lowest BCUT2D eigenvalue weighted by atomic mass is 10.0.